The van der Waals surface area contributed by atoms with Crippen molar-refractivity contribution in [2.24, 2.45) is 5.10 Å². The summed E-state index contributed by atoms with van der Waals surface area (Å²) in [5.41, 5.74) is 2.74. The van der Waals surface area contributed by atoms with Crippen LogP contribution in [0.1, 0.15) is 5.56 Å². The van der Waals surface area contributed by atoms with Gasteiger partial charge in [-0.05, 0) is 29.0 Å². The maximum atomic E-state index is 11.9. The molecule has 0 saturated heterocycles. The first kappa shape index (κ1) is 18.7. The predicted molar refractivity (Wildman–Crippen MR) is 106 cm³/mol. The number of carbonyl (C=O) groups is 2. The third-order valence-electron chi connectivity index (χ3n) is 3.71. The minimum absolute atomic E-state index is 0.00172. The second-order valence-electron chi connectivity index (χ2n) is 5.47. The maximum Gasteiger partial charge on any atom is 0.329 e. The Kier molecular flexibility index (Phi) is 5.59. The Bertz CT molecular complexity index is 1070. The molecule has 0 atom stereocenters. The summed E-state index contributed by atoms with van der Waals surface area (Å²) < 4.78 is 0. The van der Waals surface area contributed by atoms with Crippen molar-refractivity contribution >= 4 is 57.7 Å². The third-order valence-corrected chi connectivity index (χ3v) is 4.53. The predicted octanol–water partition coefficient (Wildman–Crippen LogP) is 3.94. The van der Waals surface area contributed by atoms with Gasteiger partial charge in [-0.2, -0.15) is 5.10 Å². The summed E-state index contributed by atoms with van der Waals surface area (Å²) in [6.07, 6.45) is 1.27. The van der Waals surface area contributed by atoms with E-state index in [4.69, 9.17) is 23.2 Å². The number of aromatic hydroxyl groups is 1. The molecule has 3 N–H and O–H groups in total. The van der Waals surface area contributed by atoms with Crippen LogP contribution in [-0.2, 0) is 9.59 Å². The minimum Gasteiger partial charge on any atom is -0.507 e. The van der Waals surface area contributed by atoms with Gasteiger partial charge in [-0.1, -0.05) is 59.6 Å². The summed E-state index contributed by atoms with van der Waals surface area (Å²) in [6.45, 7) is 0. The first-order chi connectivity index (χ1) is 13.0. The van der Waals surface area contributed by atoms with Gasteiger partial charge in [-0.25, -0.2) is 5.43 Å². The van der Waals surface area contributed by atoms with E-state index in [0.717, 1.165) is 10.8 Å². The van der Waals surface area contributed by atoms with Crippen molar-refractivity contribution in [3.05, 3.63) is 70.2 Å². The number of nitrogens with one attached hydrogen (secondary N) is 2. The molecule has 2 amide bonds. The molecule has 0 aromatic heterocycles. The summed E-state index contributed by atoms with van der Waals surface area (Å²) in [4.78, 5) is 23.9. The Morgan fingerprint density at radius 2 is 1.74 bits per heavy atom. The molecule has 0 saturated carbocycles. The Hall–Kier alpha value is -3.09. The Morgan fingerprint density at radius 1 is 0.963 bits per heavy atom. The minimum atomic E-state index is -0.998. The van der Waals surface area contributed by atoms with Crippen LogP contribution in [-0.4, -0.2) is 23.1 Å². The maximum absolute atomic E-state index is 11.9. The van der Waals surface area contributed by atoms with E-state index in [1.807, 2.05) is 24.3 Å². The standard InChI is InChI=1S/C19H13Cl2N3O3/c20-14-6-3-7-15(17(14)21)23-18(26)19(27)24-22-10-13-12-5-2-1-4-11(12)8-9-16(13)25/h1-10,25H,(H,23,26)(H,24,27)/b22-10+. The lowest BCUT2D eigenvalue weighted by molar-refractivity contribution is -0.136. The Balaban J connectivity index is 1.71. The first-order valence-corrected chi connectivity index (χ1v) is 8.52. The lowest BCUT2D eigenvalue weighted by atomic mass is 10.0. The zero-order chi connectivity index (χ0) is 19.4. The molecule has 3 aromatic carbocycles. The van der Waals surface area contributed by atoms with Gasteiger partial charge in [0.05, 0.1) is 21.9 Å². The van der Waals surface area contributed by atoms with Gasteiger partial charge in [-0.15, -0.1) is 0 Å². The molecule has 0 spiro atoms. The highest BCUT2D eigenvalue weighted by atomic mass is 35.5. The van der Waals surface area contributed by atoms with E-state index in [0.29, 0.717) is 5.56 Å². The van der Waals surface area contributed by atoms with Gasteiger partial charge in [0.2, 0.25) is 0 Å². The van der Waals surface area contributed by atoms with Crippen molar-refractivity contribution in [3.63, 3.8) is 0 Å². The summed E-state index contributed by atoms with van der Waals surface area (Å²) in [5.74, 6) is -1.96. The van der Waals surface area contributed by atoms with Crippen LogP contribution in [0.25, 0.3) is 10.8 Å². The first-order valence-electron chi connectivity index (χ1n) is 7.76. The monoisotopic (exact) mass is 401 g/mol. The van der Waals surface area contributed by atoms with Crippen LogP contribution in [0.5, 0.6) is 5.75 Å². The van der Waals surface area contributed by atoms with Crippen LogP contribution < -0.4 is 10.7 Å². The number of hydrogen-bond acceptors (Lipinski definition) is 4. The molecule has 27 heavy (non-hydrogen) atoms. The van der Waals surface area contributed by atoms with Gasteiger partial charge in [0.25, 0.3) is 0 Å². The molecule has 6 nitrogen and oxygen atoms in total. The SMILES string of the molecule is O=C(N/N=C/c1c(O)ccc2ccccc12)C(=O)Nc1cccc(Cl)c1Cl. The number of fused-ring (bicyclic) bond motifs is 1. The molecule has 8 heteroatoms. The van der Waals surface area contributed by atoms with Crippen molar-refractivity contribution in [3.8, 4) is 5.75 Å². The van der Waals surface area contributed by atoms with Gasteiger partial charge >= 0.3 is 11.8 Å². The molecule has 0 fully saturated rings. The molecule has 3 aromatic rings. The number of nitrogens with zero attached hydrogens (tertiary/aromatic N) is 1. The molecule has 0 aliphatic carbocycles. The Morgan fingerprint density at radius 3 is 2.56 bits per heavy atom. The van der Waals surface area contributed by atoms with Crippen molar-refractivity contribution in [2.45, 2.75) is 0 Å². The number of carbonyl (C=O) groups excluding carboxylic acids is 2. The van der Waals surface area contributed by atoms with Crippen LogP contribution in [0.2, 0.25) is 10.0 Å². The molecule has 3 rings (SSSR count). The topological polar surface area (TPSA) is 90.8 Å². The fraction of sp³-hybridized carbons (Fsp3) is 0. The molecule has 0 heterocycles. The highest BCUT2D eigenvalue weighted by Crippen LogP contribution is 2.29. The van der Waals surface area contributed by atoms with Crippen molar-refractivity contribution in [1.82, 2.24) is 5.43 Å². The lowest BCUT2D eigenvalue weighted by Crippen LogP contribution is -2.32. The molecule has 0 aliphatic rings. The van der Waals surface area contributed by atoms with Gasteiger partial charge in [0.1, 0.15) is 5.75 Å². The third kappa shape index (κ3) is 4.19. The highest BCUT2D eigenvalue weighted by Gasteiger charge is 2.15. The van der Waals surface area contributed by atoms with E-state index < -0.39 is 11.8 Å². The number of hydrogen-bond donors (Lipinski definition) is 3. The van der Waals surface area contributed by atoms with Gasteiger partial charge in [0, 0.05) is 5.56 Å². The molecule has 136 valence electrons. The fourth-order valence-corrected chi connectivity index (χ4v) is 2.75. The zero-order valence-corrected chi connectivity index (χ0v) is 15.3. The van der Waals surface area contributed by atoms with Gasteiger partial charge in [0.15, 0.2) is 0 Å². The summed E-state index contributed by atoms with van der Waals surface area (Å²) >= 11 is 11.8. The summed E-state index contributed by atoms with van der Waals surface area (Å²) in [5, 5.41) is 18.2. The summed E-state index contributed by atoms with van der Waals surface area (Å²) in [7, 11) is 0. The number of halogens is 2. The van der Waals surface area contributed by atoms with Gasteiger partial charge in [-0.3, -0.25) is 9.59 Å². The molecular formula is C19H13Cl2N3O3. The second-order valence-corrected chi connectivity index (χ2v) is 6.26. The normalized spacial score (nSPS) is 10.9. The number of anilines is 1. The van der Waals surface area contributed by atoms with Gasteiger partial charge < -0.3 is 10.4 Å². The second kappa shape index (κ2) is 8.07. The fourth-order valence-electron chi connectivity index (χ4n) is 2.41. The summed E-state index contributed by atoms with van der Waals surface area (Å²) in [6, 6.07) is 15.3. The number of rotatable bonds is 3. The molecular weight excluding hydrogens is 389 g/mol. The van der Waals surface area contributed by atoms with Crippen LogP contribution in [0, 0.1) is 0 Å². The van der Waals surface area contributed by atoms with E-state index in [9.17, 15) is 14.7 Å². The average molecular weight is 402 g/mol. The zero-order valence-electron chi connectivity index (χ0n) is 13.7. The van der Waals surface area contributed by atoms with E-state index in [2.05, 4.69) is 15.8 Å². The largest absolute Gasteiger partial charge is 0.507 e. The van der Waals surface area contributed by atoms with E-state index >= 15 is 0 Å². The van der Waals surface area contributed by atoms with Crippen molar-refractivity contribution in [2.75, 3.05) is 5.32 Å². The number of hydrazone groups is 1. The number of amides is 2. The number of phenolic OH excluding ortho intramolecular Hbond substituents is 1. The van der Waals surface area contributed by atoms with Crippen molar-refractivity contribution in [1.29, 1.82) is 0 Å². The molecule has 0 aliphatic heterocycles. The molecule has 0 radical (unpaired) electrons. The van der Waals surface area contributed by atoms with E-state index in [1.165, 1.54) is 18.3 Å². The Labute approximate surface area is 164 Å². The van der Waals surface area contributed by atoms with E-state index in [1.54, 1.807) is 18.2 Å². The number of benzene rings is 3. The quantitative estimate of drug-likeness (QED) is 0.352. The van der Waals surface area contributed by atoms with Crippen LogP contribution >= 0.6 is 23.2 Å². The van der Waals surface area contributed by atoms with Crippen LogP contribution in [0.4, 0.5) is 5.69 Å². The van der Waals surface area contributed by atoms with E-state index in [-0.39, 0.29) is 21.5 Å². The molecule has 0 bridgehead atoms. The average Bonchev–Trinajstić information content (AvgIpc) is 2.67. The van der Waals surface area contributed by atoms with Crippen LogP contribution in [0.15, 0.2) is 59.7 Å². The molecule has 0 unspecified atom stereocenters. The smallest absolute Gasteiger partial charge is 0.329 e. The highest BCUT2D eigenvalue weighted by molar-refractivity contribution is 6.45. The van der Waals surface area contributed by atoms with Crippen molar-refractivity contribution < 1.29 is 14.7 Å². The lowest BCUT2D eigenvalue weighted by Gasteiger charge is -2.07. The van der Waals surface area contributed by atoms with Crippen LogP contribution in [0.3, 0.4) is 0 Å². The number of phenols is 1.